The lowest BCUT2D eigenvalue weighted by atomic mass is 10.3. The molecule has 0 aliphatic carbocycles. The monoisotopic (exact) mass is 314 g/mol. The molecule has 0 fully saturated rings. The van der Waals surface area contributed by atoms with Crippen LogP contribution in [0.3, 0.4) is 0 Å². The van der Waals surface area contributed by atoms with Crippen LogP contribution in [0.5, 0.6) is 0 Å². The van der Waals surface area contributed by atoms with Crippen LogP contribution in [0.2, 0.25) is 10.0 Å². The van der Waals surface area contributed by atoms with E-state index in [9.17, 15) is 4.39 Å². The molecule has 4 nitrogen and oxygen atoms in total. The molecule has 1 aromatic heterocycles. The Balaban J connectivity index is 2.37. The second-order valence-electron chi connectivity index (χ2n) is 4.12. The fourth-order valence-corrected chi connectivity index (χ4v) is 2.15. The van der Waals surface area contributed by atoms with E-state index in [1.165, 1.54) is 12.1 Å². The Morgan fingerprint density at radius 3 is 2.50 bits per heavy atom. The largest absolute Gasteiger partial charge is 0.354 e. The highest BCUT2D eigenvalue weighted by molar-refractivity contribution is 6.39. The van der Waals surface area contributed by atoms with Crippen LogP contribution in [0.1, 0.15) is 12.5 Å². The molecule has 0 amide bonds. The molecule has 2 N–H and O–H groups in total. The van der Waals surface area contributed by atoms with Gasteiger partial charge in [0.1, 0.15) is 11.6 Å². The van der Waals surface area contributed by atoms with Gasteiger partial charge in [-0.25, -0.2) is 9.37 Å². The Bertz CT molecular complexity index is 611. The molecule has 0 spiro atoms. The fourth-order valence-electron chi connectivity index (χ4n) is 1.59. The van der Waals surface area contributed by atoms with Crippen LogP contribution in [-0.4, -0.2) is 16.5 Å². The third-order valence-electron chi connectivity index (χ3n) is 2.56. The number of benzene rings is 1. The summed E-state index contributed by atoms with van der Waals surface area (Å²) in [6, 6.07) is 2.38. The molecule has 0 saturated heterocycles. The number of anilines is 3. The van der Waals surface area contributed by atoms with Crippen LogP contribution in [0.15, 0.2) is 18.3 Å². The van der Waals surface area contributed by atoms with Gasteiger partial charge in [-0.05, 0) is 26.0 Å². The fraction of sp³-hybridized carbons (Fsp3) is 0.231. The van der Waals surface area contributed by atoms with E-state index in [2.05, 4.69) is 20.6 Å². The molecule has 0 radical (unpaired) electrons. The van der Waals surface area contributed by atoms with Crippen LogP contribution in [0.4, 0.5) is 21.8 Å². The first-order valence-corrected chi connectivity index (χ1v) is 6.76. The SMILES string of the molecule is CCNc1ncc(C)c(Nc2c(Cl)cc(F)cc2Cl)n1. The standard InChI is InChI=1S/C13H13Cl2FN4/c1-3-17-13-18-6-7(2)12(20-13)19-11-9(14)4-8(16)5-10(11)15/h4-6H,3H2,1-2H3,(H2,17,18,19,20). The van der Waals surface area contributed by atoms with Gasteiger partial charge in [-0.3, -0.25) is 0 Å². The normalized spacial score (nSPS) is 10.4. The number of hydrogen-bond donors (Lipinski definition) is 2. The Labute approximate surface area is 126 Å². The first kappa shape index (κ1) is 14.8. The summed E-state index contributed by atoms with van der Waals surface area (Å²) in [5.41, 5.74) is 1.24. The molecule has 106 valence electrons. The molecule has 20 heavy (non-hydrogen) atoms. The number of rotatable bonds is 4. The van der Waals surface area contributed by atoms with Crippen LogP contribution in [-0.2, 0) is 0 Å². The molecular weight excluding hydrogens is 302 g/mol. The number of nitrogens with zero attached hydrogens (tertiary/aromatic N) is 2. The van der Waals surface area contributed by atoms with Gasteiger partial charge in [-0.2, -0.15) is 4.98 Å². The Kier molecular flexibility index (Phi) is 4.62. The lowest BCUT2D eigenvalue weighted by molar-refractivity contribution is 0.628. The predicted octanol–water partition coefficient (Wildman–Crippen LogP) is 4.41. The highest BCUT2D eigenvalue weighted by Crippen LogP contribution is 2.34. The first-order chi connectivity index (χ1) is 9.51. The van der Waals surface area contributed by atoms with E-state index in [0.717, 1.165) is 5.56 Å². The van der Waals surface area contributed by atoms with E-state index in [0.29, 0.717) is 24.0 Å². The lowest BCUT2D eigenvalue weighted by Crippen LogP contribution is -2.06. The molecule has 1 aromatic carbocycles. The molecule has 0 aliphatic heterocycles. The van der Waals surface area contributed by atoms with E-state index < -0.39 is 5.82 Å². The zero-order chi connectivity index (χ0) is 14.7. The minimum absolute atomic E-state index is 0.193. The van der Waals surface area contributed by atoms with Crippen molar-refractivity contribution in [3.8, 4) is 0 Å². The van der Waals surface area contributed by atoms with Crippen molar-refractivity contribution in [3.63, 3.8) is 0 Å². The van der Waals surface area contributed by atoms with Gasteiger partial charge in [0.05, 0.1) is 15.7 Å². The van der Waals surface area contributed by atoms with Gasteiger partial charge in [0.25, 0.3) is 0 Å². The van der Waals surface area contributed by atoms with Crippen molar-refractivity contribution in [2.45, 2.75) is 13.8 Å². The quantitative estimate of drug-likeness (QED) is 0.877. The summed E-state index contributed by atoms with van der Waals surface area (Å²) in [6.07, 6.45) is 1.68. The van der Waals surface area contributed by atoms with E-state index in [4.69, 9.17) is 23.2 Å². The third kappa shape index (κ3) is 3.29. The number of nitrogens with one attached hydrogen (secondary N) is 2. The number of aryl methyl sites for hydroxylation is 1. The summed E-state index contributed by atoms with van der Waals surface area (Å²) in [7, 11) is 0. The van der Waals surface area contributed by atoms with Gasteiger partial charge in [0.15, 0.2) is 0 Å². The van der Waals surface area contributed by atoms with Crippen molar-refractivity contribution in [2.75, 3.05) is 17.2 Å². The average molecular weight is 315 g/mol. The lowest BCUT2D eigenvalue weighted by Gasteiger charge is -2.13. The molecule has 1 heterocycles. The predicted molar refractivity (Wildman–Crippen MR) is 80.6 cm³/mol. The Hall–Kier alpha value is -1.59. The van der Waals surface area contributed by atoms with Crippen LogP contribution >= 0.6 is 23.2 Å². The van der Waals surface area contributed by atoms with E-state index in [-0.39, 0.29) is 10.0 Å². The number of hydrogen-bond acceptors (Lipinski definition) is 4. The molecule has 2 rings (SSSR count). The average Bonchev–Trinajstić information content (AvgIpc) is 2.37. The van der Waals surface area contributed by atoms with Crippen molar-refractivity contribution in [3.05, 3.63) is 39.8 Å². The summed E-state index contributed by atoms with van der Waals surface area (Å²) in [4.78, 5) is 8.46. The second-order valence-corrected chi connectivity index (χ2v) is 4.94. The van der Waals surface area contributed by atoms with Gasteiger partial charge in [-0.15, -0.1) is 0 Å². The molecular formula is C13H13Cl2FN4. The summed E-state index contributed by atoms with van der Waals surface area (Å²) in [5, 5.41) is 6.41. The molecule has 0 bridgehead atoms. The third-order valence-corrected chi connectivity index (χ3v) is 3.15. The van der Waals surface area contributed by atoms with Crippen molar-refractivity contribution >= 4 is 40.7 Å². The molecule has 0 unspecified atom stereocenters. The summed E-state index contributed by atoms with van der Waals surface area (Å²) in [5.74, 6) is 0.569. The van der Waals surface area contributed by atoms with E-state index in [1.54, 1.807) is 6.20 Å². The molecule has 2 aromatic rings. The van der Waals surface area contributed by atoms with Gasteiger partial charge in [-0.1, -0.05) is 23.2 Å². The van der Waals surface area contributed by atoms with E-state index >= 15 is 0 Å². The molecule has 0 aliphatic rings. The van der Waals surface area contributed by atoms with Gasteiger partial charge in [0.2, 0.25) is 5.95 Å². The number of halogens is 3. The Morgan fingerprint density at radius 2 is 1.90 bits per heavy atom. The van der Waals surface area contributed by atoms with Gasteiger partial charge < -0.3 is 10.6 Å². The van der Waals surface area contributed by atoms with Crippen molar-refractivity contribution in [1.82, 2.24) is 9.97 Å². The van der Waals surface area contributed by atoms with Gasteiger partial charge >= 0.3 is 0 Å². The minimum atomic E-state index is -0.488. The van der Waals surface area contributed by atoms with Crippen molar-refractivity contribution < 1.29 is 4.39 Å². The Morgan fingerprint density at radius 1 is 1.25 bits per heavy atom. The van der Waals surface area contributed by atoms with Crippen molar-refractivity contribution in [2.24, 2.45) is 0 Å². The van der Waals surface area contributed by atoms with Gasteiger partial charge in [0, 0.05) is 18.3 Å². The minimum Gasteiger partial charge on any atom is -0.354 e. The second kappa shape index (κ2) is 6.24. The maximum atomic E-state index is 13.2. The van der Waals surface area contributed by atoms with Crippen molar-refractivity contribution in [1.29, 1.82) is 0 Å². The molecule has 7 heteroatoms. The molecule has 0 saturated carbocycles. The summed E-state index contributed by atoms with van der Waals surface area (Å²) < 4.78 is 13.2. The maximum absolute atomic E-state index is 13.2. The highest BCUT2D eigenvalue weighted by atomic mass is 35.5. The smallest absolute Gasteiger partial charge is 0.224 e. The van der Waals surface area contributed by atoms with Crippen LogP contribution < -0.4 is 10.6 Å². The first-order valence-electron chi connectivity index (χ1n) is 6.00. The zero-order valence-corrected chi connectivity index (χ0v) is 12.5. The van der Waals surface area contributed by atoms with E-state index in [1.807, 2.05) is 13.8 Å². The number of aromatic nitrogens is 2. The zero-order valence-electron chi connectivity index (χ0n) is 11.0. The topological polar surface area (TPSA) is 49.8 Å². The molecule has 0 atom stereocenters. The summed E-state index contributed by atoms with van der Waals surface area (Å²) >= 11 is 12.0. The summed E-state index contributed by atoms with van der Waals surface area (Å²) in [6.45, 7) is 4.51. The van der Waals surface area contributed by atoms with Crippen LogP contribution in [0, 0.1) is 12.7 Å². The van der Waals surface area contributed by atoms with Crippen LogP contribution in [0.25, 0.3) is 0 Å². The highest BCUT2D eigenvalue weighted by Gasteiger charge is 2.11. The maximum Gasteiger partial charge on any atom is 0.224 e.